The van der Waals surface area contributed by atoms with Crippen molar-refractivity contribution in [1.82, 2.24) is 19.3 Å². The van der Waals surface area contributed by atoms with Gasteiger partial charge in [-0.05, 0) is 49.3 Å². The Hall–Kier alpha value is -1.14. The summed E-state index contributed by atoms with van der Waals surface area (Å²) in [5.41, 5.74) is 1.19. The van der Waals surface area contributed by atoms with Crippen molar-refractivity contribution in [3.8, 4) is 0 Å². The lowest BCUT2D eigenvalue weighted by Gasteiger charge is -2.49. The number of rotatable bonds is 4. The maximum atomic E-state index is 4.62. The molecule has 0 amide bonds. The van der Waals surface area contributed by atoms with Crippen LogP contribution in [0, 0.1) is 0 Å². The van der Waals surface area contributed by atoms with Gasteiger partial charge in [-0.2, -0.15) is 0 Å². The highest BCUT2D eigenvalue weighted by Gasteiger charge is 2.40. The summed E-state index contributed by atoms with van der Waals surface area (Å²) in [4.78, 5) is 13.6. The minimum absolute atomic E-state index is 0.280. The number of likely N-dealkylation sites (N-methyl/N-ethyl adjacent to an activating group) is 2. The lowest BCUT2D eigenvalue weighted by molar-refractivity contribution is 0.0682. The fraction of sp³-hybridized carbons (Fsp3) is 0.571. The van der Waals surface area contributed by atoms with Crippen molar-refractivity contribution in [2.75, 3.05) is 32.6 Å². The average Bonchev–Trinajstić information content (AvgIpc) is 2.79. The molecule has 6 heteroatoms. The zero-order valence-corrected chi connectivity index (χ0v) is 13.8. The Kier molecular flexibility index (Phi) is 3.46. The van der Waals surface area contributed by atoms with E-state index in [1.807, 2.05) is 23.0 Å². The molecule has 5 nitrogen and oxygen atoms in total. The van der Waals surface area contributed by atoms with Crippen molar-refractivity contribution in [3.05, 3.63) is 23.2 Å². The van der Waals surface area contributed by atoms with E-state index >= 15 is 0 Å². The molecule has 1 aliphatic rings. The molecule has 2 aromatic rings. The van der Waals surface area contributed by atoms with Crippen molar-refractivity contribution in [2.24, 2.45) is 0 Å². The van der Waals surface area contributed by atoms with Gasteiger partial charge in [0.15, 0.2) is 11.5 Å². The molecule has 0 atom stereocenters. The molecular weight excluding hydrogens is 318 g/mol. The lowest BCUT2D eigenvalue weighted by atomic mass is 9.75. The van der Waals surface area contributed by atoms with Gasteiger partial charge in [-0.25, -0.2) is 9.97 Å². The van der Waals surface area contributed by atoms with Gasteiger partial charge in [0, 0.05) is 37.7 Å². The molecule has 1 aliphatic carbocycles. The topological polar surface area (TPSA) is 36.7 Å². The first-order valence-electron chi connectivity index (χ1n) is 6.90. The largest absolute Gasteiger partial charge is 0.355 e. The third kappa shape index (κ3) is 2.20. The van der Waals surface area contributed by atoms with E-state index in [9.17, 15) is 0 Å². The van der Waals surface area contributed by atoms with Gasteiger partial charge in [-0.15, -0.1) is 0 Å². The minimum Gasteiger partial charge on any atom is -0.355 e. The van der Waals surface area contributed by atoms with E-state index in [-0.39, 0.29) is 5.54 Å². The Morgan fingerprint density at radius 3 is 2.70 bits per heavy atom. The molecule has 0 N–H and O–H groups in total. The molecule has 108 valence electrons. The van der Waals surface area contributed by atoms with Crippen LogP contribution in [-0.4, -0.2) is 52.5 Å². The van der Waals surface area contributed by atoms with E-state index < -0.39 is 0 Å². The molecular formula is C14H20BrN5. The van der Waals surface area contributed by atoms with Gasteiger partial charge in [-0.1, -0.05) is 0 Å². The normalized spacial score (nSPS) is 17.4. The summed E-state index contributed by atoms with van der Waals surface area (Å²) >= 11 is 3.48. The van der Waals surface area contributed by atoms with Gasteiger partial charge in [0.1, 0.15) is 4.60 Å². The van der Waals surface area contributed by atoms with Crippen LogP contribution in [-0.2, 0) is 0 Å². The highest BCUT2D eigenvalue weighted by molar-refractivity contribution is 9.10. The summed E-state index contributed by atoms with van der Waals surface area (Å²) in [7, 11) is 6.45. The van der Waals surface area contributed by atoms with E-state index in [1.165, 1.54) is 19.3 Å². The van der Waals surface area contributed by atoms with Gasteiger partial charge >= 0.3 is 0 Å². The Bertz CT molecular complexity index is 617. The molecule has 20 heavy (non-hydrogen) atoms. The summed E-state index contributed by atoms with van der Waals surface area (Å²) in [6.45, 7) is 0.978. The maximum absolute atomic E-state index is 4.62. The fourth-order valence-electron chi connectivity index (χ4n) is 2.99. The van der Waals surface area contributed by atoms with Gasteiger partial charge < -0.3 is 14.2 Å². The number of anilines is 1. The van der Waals surface area contributed by atoms with E-state index in [2.05, 4.69) is 56.8 Å². The van der Waals surface area contributed by atoms with Crippen molar-refractivity contribution < 1.29 is 0 Å². The zero-order chi connectivity index (χ0) is 14.3. The first kappa shape index (κ1) is 13.8. The predicted molar refractivity (Wildman–Crippen MR) is 84.2 cm³/mol. The summed E-state index contributed by atoms with van der Waals surface area (Å²) in [6.07, 6.45) is 9.52. The van der Waals surface area contributed by atoms with Crippen molar-refractivity contribution >= 4 is 27.4 Å². The second-order valence-electron chi connectivity index (χ2n) is 5.87. The van der Waals surface area contributed by atoms with E-state index in [0.29, 0.717) is 0 Å². The molecule has 0 saturated heterocycles. The second-order valence-corrected chi connectivity index (χ2v) is 6.69. The average molecular weight is 338 g/mol. The van der Waals surface area contributed by atoms with Gasteiger partial charge in [0.2, 0.25) is 0 Å². The smallest absolute Gasteiger partial charge is 0.180 e. The molecule has 0 bridgehead atoms. The minimum atomic E-state index is 0.280. The van der Waals surface area contributed by atoms with Crippen LogP contribution < -0.4 is 4.90 Å². The standard InChI is InChI=1S/C14H20BrN5/c1-18(2)14(5-4-6-14)10-19(3)13-12-16-7-8-20(12)9-11(15)17-13/h7-9H,4-6,10H2,1-3H3. The molecule has 2 heterocycles. The van der Waals surface area contributed by atoms with E-state index in [0.717, 1.165) is 22.6 Å². The van der Waals surface area contributed by atoms with Crippen molar-refractivity contribution in [1.29, 1.82) is 0 Å². The molecule has 0 unspecified atom stereocenters. The lowest BCUT2D eigenvalue weighted by Crippen LogP contribution is -2.56. The summed E-state index contributed by atoms with van der Waals surface area (Å²) in [6, 6.07) is 0. The van der Waals surface area contributed by atoms with Crippen LogP contribution in [0.1, 0.15) is 19.3 Å². The van der Waals surface area contributed by atoms with Crippen molar-refractivity contribution in [2.45, 2.75) is 24.8 Å². The molecule has 1 fully saturated rings. The van der Waals surface area contributed by atoms with Crippen LogP contribution in [0.25, 0.3) is 5.65 Å². The van der Waals surface area contributed by atoms with Crippen LogP contribution in [0.2, 0.25) is 0 Å². The molecule has 2 aromatic heterocycles. The molecule has 3 rings (SSSR count). The number of imidazole rings is 1. The van der Waals surface area contributed by atoms with E-state index in [4.69, 9.17) is 0 Å². The number of halogens is 1. The van der Waals surface area contributed by atoms with Crippen LogP contribution in [0.3, 0.4) is 0 Å². The fourth-order valence-corrected chi connectivity index (χ4v) is 3.38. The van der Waals surface area contributed by atoms with E-state index in [1.54, 1.807) is 0 Å². The second kappa shape index (κ2) is 5.00. The Balaban J connectivity index is 1.92. The van der Waals surface area contributed by atoms with Crippen LogP contribution in [0.5, 0.6) is 0 Å². The molecule has 1 saturated carbocycles. The van der Waals surface area contributed by atoms with Crippen molar-refractivity contribution in [3.63, 3.8) is 0 Å². The van der Waals surface area contributed by atoms with Crippen LogP contribution >= 0.6 is 15.9 Å². The Morgan fingerprint density at radius 2 is 2.10 bits per heavy atom. The monoisotopic (exact) mass is 337 g/mol. The highest BCUT2D eigenvalue weighted by Crippen LogP contribution is 2.37. The summed E-state index contributed by atoms with van der Waals surface area (Å²) in [5, 5.41) is 0. The number of nitrogens with zero attached hydrogens (tertiary/aromatic N) is 5. The highest BCUT2D eigenvalue weighted by atomic mass is 79.9. The predicted octanol–water partition coefficient (Wildman–Crippen LogP) is 2.41. The maximum Gasteiger partial charge on any atom is 0.180 e. The van der Waals surface area contributed by atoms with Gasteiger partial charge in [0.25, 0.3) is 0 Å². The number of hydrogen-bond donors (Lipinski definition) is 0. The third-order valence-electron chi connectivity index (χ3n) is 4.45. The summed E-state index contributed by atoms with van der Waals surface area (Å²) < 4.78 is 2.84. The number of fused-ring (bicyclic) bond motifs is 1. The van der Waals surface area contributed by atoms with Crippen LogP contribution in [0.4, 0.5) is 5.82 Å². The number of aromatic nitrogens is 3. The molecule has 0 aliphatic heterocycles. The quantitative estimate of drug-likeness (QED) is 0.858. The number of hydrogen-bond acceptors (Lipinski definition) is 4. The molecule has 0 aromatic carbocycles. The van der Waals surface area contributed by atoms with Gasteiger partial charge in [0.05, 0.1) is 0 Å². The first-order chi connectivity index (χ1) is 9.52. The SMILES string of the molecule is CN(CC1(N(C)C)CCC1)c1nc(Br)cn2ccnc12. The van der Waals surface area contributed by atoms with Gasteiger partial charge in [-0.3, -0.25) is 0 Å². The third-order valence-corrected chi connectivity index (χ3v) is 4.84. The zero-order valence-electron chi connectivity index (χ0n) is 12.2. The Labute approximate surface area is 127 Å². The molecule has 0 radical (unpaired) electrons. The Morgan fingerprint density at radius 1 is 1.35 bits per heavy atom. The van der Waals surface area contributed by atoms with Crippen LogP contribution in [0.15, 0.2) is 23.2 Å². The summed E-state index contributed by atoms with van der Waals surface area (Å²) in [5.74, 6) is 0.928. The first-order valence-corrected chi connectivity index (χ1v) is 7.69. The molecule has 0 spiro atoms.